The first-order chi connectivity index (χ1) is 13.5. The SMILES string of the molecule is FC(F)(F)Oc1ccc([C@@H]2CC(Oc3cccc(-n4cnnc4)c3)=NO2)cc1. The molecule has 3 aromatic rings. The van der Waals surface area contributed by atoms with Crippen molar-refractivity contribution in [1.82, 2.24) is 14.8 Å². The second-order valence-corrected chi connectivity index (χ2v) is 5.87. The summed E-state index contributed by atoms with van der Waals surface area (Å²) in [4.78, 5) is 5.34. The van der Waals surface area contributed by atoms with Crippen molar-refractivity contribution >= 4 is 5.90 Å². The van der Waals surface area contributed by atoms with E-state index in [-0.39, 0.29) is 5.75 Å². The van der Waals surface area contributed by atoms with E-state index in [4.69, 9.17) is 9.57 Å². The summed E-state index contributed by atoms with van der Waals surface area (Å²) in [5, 5.41) is 11.4. The standard InChI is InChI=1S/C18H13F3N4O3/c19-18(20,21)27-14-6-4-12(5-7-14)16-9-17(24-28-16)26-15-3-1-2-13(8-15)25-10-22-23-11-25/h1-8,10-11,16H,9H2/t16-/m0/s1. The zero-order valence-corrected chi connectivity index (χ0v) is 14.2. The number of nitrogens with zero attached hydrogens (tertiary/aromatic N) is 4. The lowest BCUT2D eigenvalue weighted by atomic mass is 10.1. The van der Waals surface area contributed by atoms with Crippen LogP contribution in [0.2, 0.25) is 0 Å². The molecule has 0 amide bonds. The van der Waals surface area contributed by atoms with Crippen LogP contribution in [0.5, 0.6) is 11.5 Å². The lowest BCUT2D eigenvalue weighted by Crippen LogP contribution is -2.17. The minimum Gasteiger partial charge on any atom is -0.440 e. The van der Waals surface area contributed by atoms with Gasteiger partial charge in [-0.05, 0) is 29.8 Å². The molecule has 0 spiro atoms. The van der Waals surface area contributed by atoms with Crippen LogP contribution in [0.25, 0.3) is 5.69 Å². The lowest BCUT2D eigenvalue weighted by molar-refractivity contribution is -0.274. The second kappa shape index (κ2) is 7.22. The molecule has 10 heteroatoms. The summed E-state index contributed by atoms with van der Waals surface area (Å²) in [7, 11) is 0. The minimum absolute atomic E-state index is 0.294. The van der Waals surface area contributed by atoms with Gasteiger partial charge in [-0.15, -0.1) is 23.4 Å². The van der Waals surface area contributed by atoms with Gasteiger partial charge in [0.2, 0.25) is 5.90 Å². The van der Waals surface area contributed by atoms with Crippen LogP contribution in [0, 0.1) is 0 Å². The van der Waals surface area contributed by atoms with Gasteiger partial charge in [-0.25, -0.2) is 0 Å². The van der Waals surface area contributed by atoms with Gasteiger partial charge in [0.05, 0.1) is 12.1 Å². The summed E-state index contributed by atoms with van der Waals surface area (Å²) in [6, 6.07) is 12.7. The van der Waals surface area contributed by atoms with E-state index >= 15 is 0 Å². The van der Waals surface area contributed by atoms with Crippen molar-refractivity contribution in [2.45, 2.75) is 18.9 Å². The normalized spacial score (nSPS) is 16.4. The van der Waals surface area contributed by atoms with Crippen LogP contribution in [-0.2, 0) is 4.84 Å². The van der Waals surface area contributed by atoms with Crippen molar-refractivity contribution in [1.29, 1.82) is 0 Å². The third-order valence-electron chi connectivity index (χ3n) is 3.90. The summed E-state index contributed by atoms with van der Waals surface area (Å²) in [6.07, 6.45) is -1.70. The molecule has 2 heterocycles. The van der Waals surface area contributed by atoms with E-state index in [1.165, 1.54) is 24.3 Å². The van der Waals surface area contributed by atoms with Crippen LogP contribution >= 0.6 is 0 Å². The first kappa shape index (κ1) is 17.8. The molecule has 0 saturated heterocycles. The van der Waals surface area contributed by atoms with Crippen LogP contribution in [0.4, 0.5) is 13.2 Å². The molecule has 1 aliphatic heterocycles. The van der Waals surface area contributed by atoms with Gasteiger partial charge < -0.3 is 14.3 Å². The van der Waals surface area contributed by atoms with Gasteiger partial charge in [-0.1, -0.05) is 23.4 Å². The largest absolute Gasteiger partial charge is 0.573 e. The van der Waals surface area contributed by atoms with Crippen molar-refractivity contribution in [3.63, 3.8) is 0 Å². The van der Waals surface area contributed by atoms with Gasteiger partial charge in [0.1, 0.15) is 24.2 Å². The van der Waals surface area contributed by atoms with E-state index in [9.17, 15) is 13.2 Å². The molecule has 144 valence electrons. The number of halogens is 3. The zero-order valence-electron chi connectivity index (χ0n) is 14.2. The molecule has 0 saturated carbocycles. The van der Waals surface area contributed by atoms with Crippen LogP contribution in [0.3, 0.4) is 0 Å². The summed E-state index contributed by atoms with van der Waals surface area (Å²) >= 11 is 0. The highest BCUT2D eigenvalue weighted by Crippen LogP contribution is 2.31. The average Bonchev–Trinajstić information content (AvgIpc) is 3.33. The number of benzene rings is 2. The van der Waals surface area contributed by atoms with E-state index < -0.39 is 12.5 Å². The molecule has 1 atom stereocenters. The fraction of sp³-hybridized carbons (Fsp3) is 0.167. The van der Waals surface area contributed by atoms with E-state index in [2.05, 4.69) is 20.1 Å². The fourth-order valence-corrected chi connectivity index (χ4v) is 2.66. The van der Waals surface area contributed by atoms with E-state index in [0.29, 0.717) is 23.6 Å². The topological polar surface area (TPSA) is 70.8 Å². The van der Waals surface area contributed by atoms with Gasteiger partial charge in [-0.3, -0.25) is 4.57 Å². The molecule has 1 aromatic heterocycles. The number of rotatable bonds is 4. The Morgan fingerprint density at radius 3 is 2.46 bits per heavy atom. The van der Waals surface area contributed by atoms with E-state index in [1.807, 2.05) is 12.1 Å². The number of hydrogen-bond acceptors (Lipinski definition) is 6. The second-order valence-electron chi connectivity index (χ2n) is 5.87. The van der Waals surface area contributed by atoms with Crippen LogP contribution < -0.4 is 9.47 Å². The van der Waals surface area contributed by atoms with Crippen molar-refractivity contribution in [3.05, 3.63) is 66.7 Å². The average molecular weight is 390 g/mol. The molecule has 0 aliphatic carbocycles. The molecule has 28 heavy (non-hydrogen) atoms. The molecule has 0 radical (unpaired) electrons. The molecule has 0 fully saturated rings. The predicted octanol–water partition coefficient (Wildman–Crippen LogP) is 4.02. The maximum Gasteiger partial charge on any atom is 0.573 e. The molecule has 7 nitrogen and oxygen atoms in total. The third kappa shape index (κ3) is 4.22. The minimum atomic E-state index is -4.73. The van der Waals surface area contributed by atoms with E-state index in [0.717, 1.165) is 5.69 Å². The number of ether oxygens (including phenoxy) is 2. The number of alkyl halides is 3. The predicted molar refractivity (Wildman–Crippen MR) is 91.0 cm³/mol. The Kier molecular flexibility index (Phi) is 4.60. The quantitative estimate of drug-likeness (QED) is 0.673. The summed E-state index contributed by atoms with van der Waals surface area (Å²) in [6.45, 7) is 0. The zero-order chi connectivity index (χ0) is 19.6. The highest BCUT2D eigenvalue weighted by molar-refractivity contribution is 5.80. The summed E-state index contributed by atoms with van der Waals surface area (Å²) in [5.74, 6) is 0.627. The monoisotopic (exact) mass is 390 g/mol. The first-order valence-electron chi connectivity index (χ1n) is 8.17. The van der Waals surface area contributed by atoms with Crippen LogP contribution in [0.15, 0.2) is 66.3 Å². The van der Waals surface area contributed by atoms with E-state index in [1.54, 1.807) is 29.4 Å². The molecule has 1 aliphatic rings. The van der Waals surface area contributed by atoms with Crippen molar-refractivity contribution in [2.75, 3.05) is 0 Å². The number of aromatic nitrogens is 3. The molecule has 0 N–H and O–H groups in total. The van der Waals surface area contributed by atoms with Crippen LogP contribution in [-0.4, -0.2) is 27.0 Å². The smallest absolute Gasteiger partial charge is 0.440 e. The molecular formula is C18H13F3N4O3. The van der Waals surface area contributed by atoms with Gasteiger partial charge >= 0.3 is 6.36 Å². The lowest BCUT2D eigenvalue weighted by Gasteiger charge is -2.11. The third-order valence-corrected chi connectivity index (χ3v) is 3.90. The molecule has 0 bridgehead atoms. The summed E-state index contributed by atoms with van der Waals surface area (Å²) in [5.41, 5.74) is 1.48. The van der Waals surface area contributed by atoms with Crippen molar-refractivity contribution in [2.24, 2.45) is 5.16 Å². The number of oxime groups is 1. The Labute approximate surface area is 157 Å². The fourth-order valence-electron chi connectivity index (χ4n) is 2.66. The molecule has 0 unspecified atom stereocenters. The van der Waals surface area contributed by atoms with Crippen LogP contribution in [0.1, 0.15) is 18.1 Å². The highest BCUT2D eigenvalue weighted by Gasteiger charge is 2.31. The maximum absolute atomic E-state index is 12.2. The van der Waals surface area contributed by atoms with Gasteiger partial charge in [0.25, 0.3) is 0 Å². The first-order valence-corrected chi connectivity index (χ1v) is 8.17. The summed E-state index contributed by atoms with van der Waals surface area (Å²) < 4.78 is 48.0. The highest BCUT2D eigenvalue weighted by atomic mass is 19.4. The van der Waals surface area contributed by atoms with Gasteiger partial charge in [0, 0.05) is 6.07 Å². The van der Waals surface area contributed by atoms with Gasteiger partial charge in [0.15, 0.2) is 6.10 Å². The van der Waals surface area contributed by atoms with Crippen molar-refractivity contribution < 1.29 is 27.5 Å². The van der Waals surface area contributed by atoms with Gasteiger partial charge in [-0.2, -0.15) is 0 Å². The Hall–Kier alpha value is -3.56. The maximum atomic E-state index is 12.2. The Balaban J connectivity index is 1.39. The molecular weight excluding hydrogens is 377 g/mol. The Morgan fingerprint density at radius 2 is 1.75 bits per heavy atom. The Morgan fingerprint density at radius 1 is 1.00 bits per heavy atom. The van der Waals surface area contributed by atoms with Crippen molar-refractivity contribution in [3.8, 4) is 17.2 Å². The molecule has 2 aromatic carbocycles. The Bertz CT molecular complexity index is 972. The number of hydrogen-bond donors (Lipinski definition) is 0. The molecule has 4 rings (SSSR count).